The summed E-state index contributed by atoms with van der Waals surface area (Å²) in [5, 5.41) is 9.38. The van der Waals surface area contributed by atoms with Gasteiger partial charge in [0.15, 0.2) is 5.82 Å². The van der Waals surface area contributed by atoms with E-state index in [1.165, 1.54) is 0 Å². The number of thiol groups is 1. The molecule has 0 radical (unpaired) electrons. The molecule has 0 spiro atoms. The number of allylic oxidation sites excluding steroid dienone is 1. The molecule has 0 unspecified atom stereocenters. The van der Waals surface area contributed by atoms with Crippen LogP contribution in [0.1, 0.15) is 11.1 Å². The van der Waals surface area contributed by atoms with Crippen LogP contribution in [0.25, 0.3) is 73.3 Å². The molecule has 2 heterocycles. The molecule has 0 bridgehead atoms. The fourth-order valence-electron chi connectivity index (χ4n) is 6.07. The van der Waals surface area contributed by atoms with E-state index >= 15 is 0 Å². The van der Waals surface area contributed by atoms with Gasteiger partial charge in [0.05, 0.1) is 28.3 Å². The van der Waals surface area contributed by atoms with Crippen molar-refractivity contribution in [2.24, 2.45) is 4.40 Å². The van der Waals surface area contributed by atoms with Crippen LogP contribution in [0.3, 0.4) is 0 Å². The topological polar surface area (TPSA) is 74.9 Å². The maximum absolute atomic E-state index is 8.43. The molecule has 0 amide bonds. The molecule has 1 aliphatic rings. The third-order valence-corrected chi connectivity index (χ3v) is 8.64. The number of pyridine rings is 1. The second-order valence-corrected chi connectivity index (χ2v) is 11.5. The average Bonchev–Trinajstić information content (AvgIpc) is 3.15. The van der Waals surface area contributed by atoms with Crippen LogP contribution in [0.2, 0.25) is 0 Å². The lowest BCUT2D eigenvalue weighted by Crippen LogP contribution is -2.18. The van der Waals surface area contributed by atoms with E-state index in [0.29, 0.717) is 17.2 Å². The Morgan fingerprint density at radius 2 is 1.04 bits per heavy atom. The molecule has 1 N–H and O–H groups in total. The average molecular weight is 622 g/mol. The Morgan fingerprint density at radius 1 is 0.511 bits per heavy atom. The van der Waals surface area contributed by atoms with Gasteiger partial charge in [-0.05, 0) is 48.2 Å². The molecule has 0 atom stereocenters. The first-order valence-electron chi connectivity index (χ1n) is 15.3. The Labute approximate surface area is 278 Å². The van der Waals surface area contributed by atoms with Crippen molar-refractivity contribution in [2.45, 2.75) is 0 Å². The van der Waals surface area contributed by atoms with Gasteiger partial charge in [0.1, 0.15) is 5.71 Å². The molecule has 7 aromatic rings. The van der Waals surface area contributed by atoms with E-state index in [1.807, 2.05) is 78.9 Å². The molecule has 2 aromatic heterocycles. The van der Waals surface area contributed by atoms with Crippen LogP contribution in [-0.2, 0) is 0 Å². The first kappa shape index (κ1) is 28.5. The van der Waals surface area contributed by atoms with Crippen molar-refractivity contribution in [1.82, 2.24) is 15.0 Å². The van der Waals surface area contributed by atoms with Gasteiger partial charge in [-0.3, -0.25) is 5.41 Å². The summed E-state index contributed by atoms with van der Waals surface area (Å²) in [6, 6.07) is 47.3. The summed E-state index contributed by atoms with van der Waals surface area (Å²) in [7, 11) is 0. The van der Waals surface area contributed by atoms with Gasteiger partial charge in [-0.2, -0.15) is 0 Å². The minimum atomic E-state index is 0.336. The van der Waals surface area contributed by atoms with Crippen molar-refractivity contribution < 1.29 is 0 Å². The quantitative estimate of drug-likeness (QED) is 0.188. The summed E-state index contributed by atoms with van der Waals surface area (Å²) in [4.78, 5) is 14.9. The normalized spacial score (nSPS) is 13.2. The molecule has 8 rings (SSSR count). The molecular formula is C41H27N5S. The minimum absolute atomic E-state index is 0.336. The van der Waals surface area contributed by atoms with Crippen molar-refractivity contribution in [3.8, 4) is 56.3 Å². The molecule has 47 heavy (non-hydrogen) atoms. The van der Waals surface area contributed by atoms with E-state index in [-0.39, 0.29) is 0 Å². The maximum Gasteiger partial charge on any atom is 0.160 e. The molecule has 0 saturated carbocycles. The number of nitrogens with zero attached hydrogens (tertiary/aromatic N) is 4. The molecule has 222 valence electrons. The smallest absolute Gasteiger partial charge is 0.160 e. The molecule has 5 nitrogen and oxygen atoms in total. The molecule has 0 aliphatic heterocycles. The number of nitrogens with one attached hydrogen (secondary N) is 1. The van der Waals surface area contributed by atoms with Crippen molar-refractivity contribution >= 4 is 41.2 Å². The Balaban J connectivity index is 1.14. The SMILES string of the molecule is N=C1C=Cc2c(-c3ccc(-c4ccc(-c5cc(-c6ccccc6)nc(-c6ccccc6)n5)cc4)cc3)nc3ccccc3c2C1=NS. The zero-order valence-corrected chi connectivity index (χ0v) is 26.1. The van der Waals surface area contributed by atoms with Gasteiger partial charge in [-0.1, -0.05) is 127 Å². The molecular weight excluding hydrogens is 595 g/mol. The van der Waals surface area contributed by atoms with E-state index in [9.17, 15) is 0 Å². The Morgan fingerprint density at radius 3 is 1.68 bits per heavy atom. The Bertz CT molecular complexity index is 2290. The zero-order chi connectivity index (χ0) is 31.7. The van der Waals surface area contributed by atoms with E-state index in [2.05, 4.69) is 83.9 Å². The number of benzene rings is 5. The monoisotopic (exact) mass is 621 g/mol. The highest BCUT2D eigenvalue weighted by atomic mass is 32.1. The summed E-state index contributed by atoms with van der Waals surface area (Å²) in [5.74, 6) is 0.700. The number of fused-ring (bicyclic) bond motifs is 3. The summed E-state index contributed by atoms with van der Waals surface area (Å²) in [5.41, 5.74) is 12.4. The van der Waals surface area contributed by atoms with Crippen LogP contribution in [0.4, 0.5) is 0 Å². The Kier molecular flexibility index (Phi) is 7.32. The number of para-hydroxylation sites is 1. The van der Waals surface area contributed by atoms with Crippen molar-refractivity contribution in [3.05, 3.63) is 157 Å². The third-order valence-electron chi connectivity index (χ3n) is 8.44. The molecule has 5 aromatic carbocycles. The van der Waals surface area contributed by atoms with E-state index in [4.69, 9.17) is 20.4 Å². The van der Waals surface area contributed by atoms with Crippen LogP contribution in [0.5, 0.6) is 0 Å². The van der Waals surface area contributed by atoms with Crippen LogP contribution >= 0.6 is 12.8 Å². The van der Waals surface area contributed by atoms with Gasteiger partial charge in [-0.25, -0.2) is 19.3 Å². The largest absolute Gasteiger partial charge is 0.299 e. The highest BCUT2D eigenvalue weighted by Gasteiger charge is 2.23. The lowest BCUT2D eigenvalue weighted by Gasteiger charge is -2.19. The molecule has 0 saturated heterocycles. The number of hydrogen-bond donors (Lipinski definition) is 2. The van der Waals surface area contributed by atoms with Crippen LogP contribution in [-0.4, -0.2) is 26.4 Å². The highest BCUT2D eigenvalue weighted by Crippen LogP contribution is 2.36. The molecule has 1 aliphatic carbocycles. The van der Waals surface area contributed by atoms with Crippen molar-refractivity contribution in [1.29, 1.82) is 5.41 Å². The summed E-state index contributed by atoms with van der Waals surface area (Å²) < 4.78 is 4.18. The van der Waals surface area contributed by atoms with E-state index < -0.39 is 0 Å². The van der Waals surface area contributed by atoms with E-state index in [1.54, 1.807) is 6.08 Å². The fraction of sp³-hybridized carbons (Fsp3) is 0. The summed E-state index contributed by atoms with van der Waals surface area (Å²) in [6.45, 7) is 0. The predicted octanol–water partition coefficient (Wildman–Crippen LogP) is 10.0. The lowest BCUT2D eigenvalue weighted by atomic mass is 9.88. The second-order valence-electron chi connectivity index (χ2n) is 11.3. The third kappa shape index (κ3) is 5.35. The van der Waals surface area contributed by atoms with Gasteiger partial charge in [0.2, 0.25) is 0 Å². The van der Waals surface area contributed by atoms with Gasteiger partial charge in [0, 0.05) is 38.8 Å². The van der Waals surface area contributed by atoms with Gasteiger partial charge in [0.25, 0.3) is 0 Å². The Hall–Kier alpha value is -5.98. The van der Waals surface area contributed by atoms with Crippen LogP contribution in [0.15, 0.2) is 150 Å². The standard InChI is InChI=1S/C41H27N5S/c42-34-24-23-33-38(40(34)46-47)32-13-7-8-14-35(32)43-39(33)30-21-17-27(18-22-30)26-15-19-29(20-16-26)37-25-36(28-9-3-1-4-10-28)44-41(45-37)31-11-5-2-6-12-31/h1-25,42,47H. The number of hydrogen-bond acceptors (Lipinski definition) is 6. The van der Waals surface area contributed by atoms with E-state index in [0.717, 1.165) is 72.5 Å². The summed E-state index contributed by atoms with van der Waals surface area (Å²) in [6.07, 6.45) is 3.72. The number of rotatable bonds is 5. The van der Waals surface area contributed by atoms with Gasteiger partial charge < -0.3 is 0 Å². The van der Waals surface area contributed by atoms with Crippen LogP contribution < -0.4 is 0 Å². The van der Waals surface area contributed by atoms with Crippen molar-refractivity contribution in [2.75, 3.05) is 0 Å². The maximum atomic E-state index is 8.43. The molecule has 0 fully saturated rings. The highest BCUT2D eigenvalue weighted by molar-refractivity contribution is 7.79. The molecule has 6 heteroatoms. The number of aromatic nitrogens is 3. The predicted molar refractivity (Wildman–Crippen MR) is 197 cm³/mol. The zero-order valence-electron chi connectivity index (χ0n) is 25.2. The lowest BCUT2D eigenvalue weighted by molar-refractivity contribution is 1.18. The van der Waals surface area contributed by atoms with Crippen molar-refractivity contribution in [3.63, 3.8) is 0 Å². The van der Waals surface area contributed by atoms with Gasteiger partial charge >= 0.3 is 0 Å². The van der Waals surface area contributed by atoms with Gasteiger partial charge in [-0.15, -0.1) is 0 Å². The second kappa shape index (κ2) is 12.1. The fourth-order valence-corrected chi connectivity index (χ4v) is 6.28. The first-order chi connectivity index (χ1) is 23.2. The summed E-state index contributed by atoms with van der Waals surface area (Å²) >= 11 is 4.21. The van der Waals surface area contributed by atoms with Crippen LogP contribution in [0, 0.1) is 5.41 Å². The first-order valence-corrected chi connectivity index (χ1v) is 15.7. The minimum Gasteiger partial charge on any atom is -0.299 e.